The molecule has 1 fully saturated rings. The number of carbonyl (C=O) groups is 3. The van der Waals surface area contributed by atoms with Crippen LogP contribution in [0.5, 0.6) is 0 Å². The van der Waals surface area contributed by atoms with Crippen molar-refractivity contribution in [1.29, 1.82) is 0 Å². The van der Waals surface area contributed by atoms with Crippen LogP contribution >= 0.6 is 0 Å². The average Bonchev–Trinajstić information content (AvgIpc) is 4.06. The zero-order valence-corrected chi connectivity index (χ0v) is 55.0. The SMILES string of the molecule is CCCCCC(CCCCC)CCOC(=O)CCCCCCCCOC1OC(CO)C(OCCCCCCCCC(=O)OCCC(CCCCC)CCCCC)C1OCCCCCCCCC(=O)OCCC(CCCCC)CCCCC. The Balaban J connectivity index is 2.53. The lowest BCUT2D eigenvalue weighted by Gasteiger charge is -2.24. The molecule has 0 amide bonds. The van der Waals surface area contributed by atoms with E-state index in [2.05, 4.69) is 41.5 Å². The number of ether oxygens (including phenoxy) is 7. The molecule has 0 bridgehead atoms. The standard InChI is InChI=1S/C71H136O11/c1-7-13-31-43-62(44-32-14-8-2)52-58-76-66(73)49-37-25-19-22-28-40-55-79-69-65(61-72)82-71(81-57-42-30-24-21-27-39-51-68(75)78-60-54-64(47-35-17-11-5)48-36-18-12-6)70(69)80-56-41-29-23-20-26-38-50-67(74)77-59-53-63(45-33-15-9-3)46-34-16-10-4/h62-65,69-72H,7-61H2,1-6H3. The number of aliphatic hydroxyl groups is 1. The molecule has 4 atom stereocenters. The molecule has 82 heavy (non-hydrogen) atoms. The zero-order chi connectivity index (χ0) is 59.6. The van der Waals surface area contributed by atoms with E-state index in [-0.39, 0.29) is 24.5 Å². The van der Waals surface area contributed by atoms with Gasteiger partial charge in [0.15, 0.2) is 6.29 Å². The van der Waals surface area contributed by atoms with Crippen LogP contribution in [0.4, 0.5) is 0 Å². The van der Waals surface area contributed by atoms with Crippen molar-refractivity contribution in [1.82, 2.24) is 0 Å². The van der Waals surface area contributed by atoms with Gasteiger partial charge in [-0.2, -0.15) is 0 Å². The summed E-state index contributed by atoms with van der Waals surface area (Å²) in [5.41, 5.74) is 0. The number of aliphatic hydroxyl groups excluding tert-OH is 1. The Kier molecular flexibility index (Phi) is 56.8. The quantitative estimate of drug-likeness (QED) is 0.0354. The van der Waals surface area contributed by atoms with Crippen LogP contribution in [0.15, 0.2) is 0 Å². The van der Waals surface area contributed by atoms with Crippen molar-refractivity contribution in [2.75, 3.05) is 46.2 Å². The van der Waals surface area contributed by atoms with Gasteiger partial charge in [-0.25, -0.2) is 0 Å². The summed E-state index contributed by atoms with van der Waals surface area (Å²) in [4.78, 5) is 37.6. The second-order valence-electron chi connectivity index (χ2n) is 25.0. The third-order valence-corrected chi connectivity index (χ3v) is 17.3. The maximum absolute atomic E-state index is 12.5. The Hall–Kier alpha value is -1.79. The molecule has 1 aliphatic heterocycles. The molecular formula is C71H136O11. The van der Waals surface area contributed by atoms with Crippen molar-refractivity contribution in [3.63, 3.8) is 0 Å². The minimum absolute atomic E-state index is 0.0479. The second kappa shape index (κ2) is 59.5. The number of carbonyl (C=O) groups excluding carboxylic acids is 3. The lowest BCUT2D eigenvalue weighted by atomic mass is 9.92. The van der Waals surface area contributed by atoms with Crippen LogP contribution in [0, 0.1) is 17.8 Å². The largest absolute Gasteiger partial charge is 0.466 e. The van der Waals surface area contributed by atoms with Gasteiger partial charge < -0.3 is 38.3 Å². The second-order valence-corrected chi connectivity index (χ2v) is 25.0. The van der Waals surface area contributed by atoms with E-state index in [0.717, 1.165) is 135 Å². The molecule has 0 aromatic carbocycles. The molecule has 11 nitrogen and oxygen atoms in total. The third kappa shape index (κ3) is 46.4. The highest BCUT2D eigenvalue weighted by molar-refractivity contribution is 5.69. The number of unbranched alkanes of at least 4 members (excludes halogenated alkanes) is 27. The third-order valence-electron chi connectivity index (χ3n) is 17.3. The van der Waals surface area contributed by atoms with Gasteiger partial charge in [0.05, 0.1) is 26.4 Å². The average molecular weight is 1170 g/mol. The maximum atomic E-state index is 12.5. The highest BCUT2D eigenvalue weighted by Crippen LogP contribution is 2.30. The molecule has 1 heterocycles. The van der Waals surface area contributed by atoms with Gasteiger partial charge in [0, 0.05) is 39.1 Å². The lowest BCUT2D eigenvalue weighted by Crippen LogP contribution is -2.40. The molecule has 1 saturated heterocycles. The van der Waals surface area contributed by atoms with E-state index in [1.807, 2.05) is 0 Å². The number of hydrogen-bond acceptors (Lipinski definition) is 11. The molecule has 0 aliphatic carbocycles. The summed E-state index contributed by atoms with van der Waals surface area (Å²) in [5.74, 6) is 1.89. The number of hydrogen-bond donors (Lipinski definition) is 1. The molecule has 0 spiro atoms. The van der Waals surface area contributed by atoms with E-state index in [1.165, 1.54) is 154 Å². The van der Waals surface area contributed by atoms with Gasteiger partial charge in [-0.3, -0.25) is 14.4 Å². The van der Waals surface area contributed by atoms with Crippen molar-refractivity contribution in [2.45, 2.75) is 374 Å². The predicted octanol–water partition coefficient (Wildman–Crippen LogP) is 19.8. The minimum atomic E-state index is -0.603. The topological polar surface area (TPSA) is 136 Å². The van der Waals surface area contributed by atoms with Gasteiger partial charge in [0.25, 0.3) is 0 Å². The molecule has 1 N–H and O–H groups in total. The van der Waals surface area contributed by atoms with E-state index in [1.54, 1.807) is 0 Å². The molecule has 1 rings (SSSR count). The Morgan fingerprint density at radius 1 is 0.317 bits per heavy atom. The van der Waals surface area contributed by atoms with Crippen LogP contribution < -0.4 is 0 Å². The summed E-state index contributed by atoms with van der Waals surface area (Å²) in [5, 5.41) is 10.4. The van der Waals surface area contributed by atoms with Crippen LogP contribution in [0.2, 0.25) is 0 Å². The van der Waals surface area contributed by atoms with Gasteiger partial charge in [-0.15, -0.1) is 0 Å². The van der Waals surface area contributed by atoms with Crippen LogP contribution in [-0.2, 0) is 47.5 Å². The Morgan fingerprint density at radius 3 is 0.878 bits per heavy atom. The van der Waals surface area contributed by atoms with Crippen molar-refractivity contribution in [3.8, 4) is 0 Å². The van der Waals surface area contributed by atoms with Crippen molar-refractivity contribution in [2.24, 2.45) is 17.8 Å². The maximum Gasteiger partial charge on any atom is 0.305 e. The Bertz CT molecular complexity index is 1350. The summed E-state index contributed by atoms with van der Waals surface area (Å²) in [6.45, 7) is 16.7. The summed E-state index contributed by atoms with van der Waals surface area (Å²) < 4.78 is 42.7. The fraction of sp³-hybridized carbons (Fsp3) is 0.958. The highest BCUT2D eigenvalue weighted by atomic mass is 16.7. The predicted molar refractivity (Wildman–Crippen MR) is 340 cm³/mol. The van der Waals surface area contributed by atoms with E-state index in [4.69, 9.17) is 33.2 Å². The summed E-state index contributed by atoms with van der Waals surface area (Å²) in [6, 6.07) is 0. The molecular weight excluding hydrogens is 1030 g/mol. The first-order chi connectivity index (χ1) is 40.3. The van der Waals surface area contributed by atoms with Crippen molar-refractivity contribution in [3.05, 3.63) is 0 Å². The molecule has 0 saturated carbocycles. The minimum Gasteiger partial charge on any atom is -0.466 e. The summed E-state index contributed by atoms with van der Waals surface area (Å²) >= 11 is 0. The van der Waals surface area contributed by atoms with Crippen LogP contribution in [-0.4, -0.2) is 93.9 Å². The van der Waals surface area contributed by atoms with Crippen molar-refractivity contribution < 1.29 is 52.6 Å². The molecule has 4 unspecified atom stereocenters. The van der Waals surface area contributed by atoms with Crippen molar-refractivity contribution >= 4 is 17.9 Å². The smallest absolute Gasteiger partial charge is 0.305 e. The molecule has 0 aromatic rings. The Morgan fingerprint density at radius 2 is 0.585 bits per heavy atom. The first-order valence-electron chi connectivity index (χ1n) is 35.8. The zero-order valence-electron chi connectivity index (χ0n) is 55.0. The number of rotatable bonds is 64. The fourth-order valence-electron chi connectivity index (χ4n) is 11.9. The summed E-state index contributed by atoms with van der Waals surface area (Å²) in [6.07, 6.45) is 51.0. The van der Waals surface area contributed by atoms with E-state index >= 15 is 0 Å². The van der Waals surface area contributed by atoms with E-state index in [9.17, 15) is 19.5 Å². The molecule has 486 valence electrons. The van der Waals surface area contributed by atoms with Gasteiger partial charge >= 0.3 is 17.9 Å². The monoisotopic (exact) mass is 1170 g/mol. The Labute approximate surface area is 506 Å². The fourth-order valence-corrected chi connectivity index (χ4v) is 11.9. The van der Waals surface area contributed by atoms with Gasteiger partial charge in [0.2, 0.25) is 0 Å². The summed E-state index contributed by atoms with van der Waals surface area (Å²) in [7, 11) is 0. The van der Waals surface area contributed by atoms with E-state index in [0.29, 0.717) is 76.7 Å². The molecule has 0 aromatic heterocycles. The normalized spacial score (nSPS) is 16.3. The van der Waals surface area contributed by atoms with Crippen LogP contribution in [0.3, 0.4) is 0 Å². The molecule has 1 aliphatic rings. The lowest BCUT2D eigenvalue weighted by molar-refractivity contribution is -0.181. The van der Waals surface area contributed by atoms with E-state index < -0.39 is 24.6 Å². The first kappa shape index (κ1) is 78.2. The molecule has 0 radical (unpaired) electrons. The highest BCUT2D eigenvalue weighted by Gasteiger charge is 2.46. The van der Waals surface area contributed by atoms with Crippen LogP contribution in [0.1, 0.15) is 350 Å². The van der Waals surface area contributed by atoms with Crippen LogP contribution in [0.25, 0.3) is 0 Å². The molecule has 11 heteroatoms. The number of esters is 3. The van der Waals surface area contributed by atoms with Gasteiger partial charge in [0.1, 0.15) is 18.3 Å². The van der Waals surface area contributed by atoms with Gasteiger partial charge in [-0.05, 0) is 75.5 Å². The van der Waals surface area contributed by atoms with Gasteiger partial charge in [-0.1, -0.05) is 273 Å². The first-order valence-corrected chi connectivity index (χ1v) is 35.8.